The van der Waals surface area contributed by atoms with Gasteiger partial charge in [0.05, 0.1) is 12.2 Å². The highest BCUT2D eigenvalue weighted by molar-refractivity contribution is 5.92. The Bertz CT molecular complexity index is 691. The van der Waals surface area contributed by atoms with Gasteiger partial charge in [-0.25, -0.2) is 0 Å². The van der Waals surface area contributed by atoms with E-state index in [0.717, 1.165) is 43.2 Å². The monoisotopic (exact) mass is 331 g/mol. The molecule has 0 spiro atoms. The van der Waals surface area contributed by atoms with Crippen molar-refractivity contribution in [3.63, 3.8) is 0 Å². The molecule has 2 aromatic heterocycles. The molecule has 7 nitrogen and oxygen atoms in total. The number of hydrogen-bond donors (Lipinski definition) is 2. The molecule has 2 N–H and O–H groups in total. The summed E-state index contributed by atoms with van der Waals surface area (Å²) in [6.45, 7) is 9.52. The van der Waals surface area contributed by atoms with E-state index in [0.29, 0.717) is 24.1 Å². The predicted molar refractivity (Wildman–Crippen MR) is 89.6 cm³/mol. The second kappa shape index (κ2) is 7.17. The number of aromatic nitrogens is 3. The maximum absolute atomic E-state index is 12.0. The van der Waals surface area contributed by atoms with Crippen molar-refractivity contribution in [2.24, 2.45) is 5.92 Å². The molecule has 3 rings (SSSR count). The van der Waals surface area contributed by atoms with Gasteiger partial charge in [0.25, 0.3) is 5.91 Å². The summed E-state index contributed by atoms with van der Waals surface area (Å²) in [5, 5.41) is 13.8. The van der Waals surface area contributed by atoms with Crippen molar-refractivity contribution in [3.05, 3.63) is 35.0 Å². The molecule has 0 bridgehead atoms. The summed E-state index contributed by atoms with van der Waals surface area (Å²) < 4.78 is 5.41. The molecule has 1 saturated heterocycles. The summed E-state index contributed by atoms with van der Waals surface area (Å²) >= 11 is 0. The molecule has 0 aromatic carbocycles. The number of hydrogen-bond acceptors (Lipinski definition) is 5. The second-order valence-electron chi connectivity index (χ2n) is 6.91. The van der Waals surface area contributed by atoms with E-state index in [9.17, 15) is 4.79 Å². The first-order valence-corrected chi connectivity index (χ1v) is 8.49. The van der Waals surface area contributed by atoms with Crippen molar-refractivity contribution in [2.45, 2.75) is 39.7 Å². The maximum Gasteiger partial charge on any atom is 0.271 e. The lowest BCUT2D eigenvalue weighted by atomic mass is 10.1. The highest BCUT2D eigenvalue weighted by Crippen LogP contribution is 2.20. The van der Waals surface area contributed by atoms with E-state index < -0.39 is 0 Å². The van der Waals surface area contributed by atoms with Crippen LogP contribution in [0.1, 0.15) is 53.8 Å². The fraction of sp³-hybridized carbons (Fsp3) is 0.588. The Balaban J connectivity index is 1.44. The van der Waals surface area contributed by atoms with Gasteiger partial charge in [0, 0.05) is 24.8 Å². The summed E-state index contributed by atoms with van der Waals surface area (Å²) in [6.07, 6.45) is 1.07. The van der Waals surface area contributed by atoms with Crippen LogP contribution in [0.25, 0.3) is 0 Å². The normalized spacial score (nSPS) is 18.4. The van der Waals surface area contributed by atoms with Gasteiger partial charge in [-0.05, 0) is 37.8 Å². The zero-order chi connectivity index (χ0) is 17.1. The van der Waals surface area contributed by atoms with Crippen LogP contribution in [0, 0.1) is 12.8 Å². The van der Waals surface area contributed by atoms with Crippen molar-refractivity contribution in [1.29, 1.82) is 0 Å². The Morgan fingerprint density at radius 3 is 3.00 bits per heavy atom. The summed E-state index contributed by atoms with van der Waals surface area (Å²) in [7, 11) is 0. The van der Waals surface area contributed by atoms with Crippen LogP contribution in [0.5, 0.6) is 0 Å². The number of aryl methyl sites for hydroxylation is 1. The average Bonchev–Trinajstić information content (AvgIpc) is 3.26. The van der Waals surface area contributed by atoms with Gasteiger partial charge in [0.15, 0.2) is 5.76 Å². The van der Waals surface area contributed by atoms with E-state index in [-0.39, 0.29) is 5.91 Å². The summed E-state index contributed by atoms with van der Waals surface area (Å²) in [6, 6.07) is 3.80. The molecule has 1 aliphatic heterocycles. The van der Waals surface area contributed by atoms with Crippen LogP contribution in [0.2, 0.25) is 0 Å². The molecule has 1 fully saturated rings. The molecule has 7 heteroatoms. The highest BCUT2D eigenvalue weighted by Gasteiger charge is 2.24. The van der Waals surface area contributed by atoms with Gasteiger partial charge in [-0.2, -0.15) is 5.10 Å². The predicted octanol–water partition coefficient (Wildman–Crippen LogP) is 2.08. The van der Waals surface area contributed by atoms with Gasteiger partial charge in [-0.15, -0.1) is 0 Å². The Labute approximate surface area is 141 Å². The van der Waals surface area contributed by atoms with Gasteiger partial charge in [0.2, 0.25) is 0 Å². The Hall–Kier alpha value is -2.15. The number of rotatable bonds is 6. The quantitative estimate of drug-likeness (QED) is 0.846. The van der Waals surface area contributed by atoms with Gasteiger partial charge < -0.3 is 9.84 Å². The van der Waals surface area contributed by atoms with Crippen molar-refractivity contribution in [1.82, 2.24) is 25.6 Å². The molecule has 2 aromatic rings. The number of aromatic amines is 1. The number of carbonyl (C=O) groups is 1. The van der Waals surface area contributed by atoms with Crippen LogP contribution in [0.3, 0.4) is 0 Å². The van der Waals surface area contributed by atoms with Gasteiger partial charge in [-0.1, -0.05) is 19.0 Å². The number of nitrogens with one attached hydrogen (secondary N) is 2. The molecule has 0 aliphatic carbocycles. The van der Waals surface area contributed by atoms with Crippen LogP contribution in [-0.4, -0.2) is 45.8 Å². The Morgan fingerprint density at radius 2 is 2.33 bits per heavy atom. The average molecular weight is 331 g/mol. The largest absolute Gasteiger partial charge is 0.360 e. The molecular weight excluding hydrogens is 306 g/mol. The molecule has 0 radical (unpaired) electrons. The van der Waals surface area contributed by atoms with Crippen LogP contribution in [-0.2, 0) is 6.54 Å². The topological polar surface area (TPSA) is 87.1 Å². The van der Waals surface area contributed by atoms with E-state index >= 15 is 0 Å². The first-order chi connectivity index (χ1) is 11.5. The van der Waals surface area contributed by atoms with Crippen LogP contribution >= 0.6 is 0 Å². The minimum absolute atomic E-state index is 0.116. The fourth-order valence-corrected chi connectivity index (χ4v) is 2.98. The molecule has 1 amide bonds. The molecule has 0 saturated carbocycles. The van der Waals surface area contributed by atoms with E-state index in [1.165, 1.54) is 0 Å². The smallest absolute Gasteiger partial charge is 0.271 e. The summed E-state index contributed by atoms with van der Waals surface area (Å²) in [5.74, 6) is 1.64. The number of carbonyl (C=O) groups excluding carboxylic acids is 1. The van der Waals surface area contributed by atoms with Crippen molar-refractivity contribution >= 4 is 5.91 Å². The number of amides is 1. The first kappa shape index (κ1) is 16.7. The zero-order valence-corrected chi connectivity index (χ0v) is 14.5. The zero-order valence-electron chi connectivity index (χ0n) is 14.5. The van der Waals surface area contributed by atoms with Gasteiger partial charge in [0.1, 0.15) is 5.69 Å². The highest BCUT2D eigenvalue weighted by atomic mass is 16.5. The molecule has 1 atom stereocenters. The number of H-pyrrole nitrogens is 1. The minimum atomic E-state index is -0.116. The van der Waals surface area contributed by atoms with Gasteiger partial charge >= 0.3 is 0 Å². The molecule has 0 unspecified atom stereocenters. The summed E-state index contributed by atoms with van der Waals surface area (Å²) in [5.41, 5.74) is 2.34. The summed E-state index contributed by atoms with van der Waals surface area (Å²) in [4.78, 5) is 14.4. The van der Waals surface area contributed by atoms with Gasteiger partial charge in [-0.3, -0.25) is 14.8 Å². The lowest BCUT2D eigenvalue weighted by molar-refractivity contribution is 0.0942. The fourth-order valence-electron chi connectivity index (χ4n) is 2.98. The SMILES string of the molecule is Cc1cc(C(=O)NC[C@@H]2CCN(Cc3cc(C(C)C)no3)C2)n[nH]1. The molecule has 130 valence electrons. The Morgan fingerprint density at radius 1 is 1.50 bits per heavy atom. The minimum Gasteiger partial charge on any atom is -0.360 e. The van der Waals surface area contributed by atoms with E-state index in [1.54, 1.807) is 6.07 Å². The lowest BCUT2D eigenvalue weighted by Crippen LogP contribution is -2.31. The first-order valence-electron chi connectivity index (χ1n) is 8.49. The molecular formula is C17H25N5O2. The van der Waals surface area contributed by atoms with Crippen molar-refractivity contribution in [2.75, 3.05) is 19.6 Å². The lowest BCUT2D eigenvalue weighted by Gasteiger charge is -2.14. The van der Waals surface area contributed by atoms with Crippen LogP contribution in [0.15, 0.2) is 16.7 Å². The van der Waals surface area contributed by atoms with Crippen LogP contribution in [0.4, 0.5) is 0 Å². The van der Waals surface area contributed by atoms with Crippen molar-refractivity contribution in [3.8, 4) is 0 Å². The van der Waals surface area contributed by atoms with E-state index in [1.807, 2.05) is 13.0 Å². The Kier molecular flexibility index (Phi) is 4.99. The maximum atomic E-state index is 12.0. The number of likely N-dealkylation sites (tertiary alicyclic amines) is 1. The number of nitrogens with zero attached hydrogens (tertiary/aromatic N) is 3. The molecule has 1 aliphatic rings. The van der Waals surface area contributed by atoms with Crippen LogP contribution < -0.4 is 5.32 Å². The van der Waals surface area contributed by atoms with Crippen molar-refractivity contribution < 1.29 is 9.32 Å². The van der Waals surface area contributed by atoms with E-state index in [2.05, 4.69) is 39.4 Å². The molecule has 3 heterocycles. The van der Waals surface area contributed by atoms with E-state index in [4.69, 9.17) is 4.52 Å². The third kappa shape index (κ3) is 4.03. The third-order valence-electron chi connectivity index (χ3n) is 4.41. The molecule has 24 heavy (non-hydrogen) atoms. The standard InChI is InChI=1S/C17H25N5O2/c1-11(2)15-7-14(24-21-15)10-22-5-4-13(9-22)8-18-17(23)16-6-12(3)19-20-16/h6-7,11,13H,4-5,8-10H2,1-3H3,(H,18,23)(H,19,20)/t13-/m0/s1. The third-order valence-corrected chi connectivity index (χ3v) is 4.41. The second-order valence-corrected chi connectivity index (χ2v) is 6.91.